The molecule has 4 N–H and O–H groups in total. The monoisotopic (exact) mass is 367 g/mol. The average Bonchev–Trinajstić information content (AvgIpc) is 2.41. The number of nitrogens with one attached hydrogen (secondary N) is 2. The maximum absolute atomic E-state index is 12.2. The van der Waals surface area contributed by atoms with Crippen molar-refractivity contribution in [3.8, 4) is 0 Å². The van der Waals surface area contributed by atoms with Gasteiger partial charge in [-0.1, -0.05) is 23.7 Å². The van der Waals surface area contributed by atoms with E-state index in [-0.39, 0.29) is 5.91 Å². The lowest BCUT2D eigenvalue weighted by atomic mass is 10.2. The van der Waals surface area contributed by atoms with Gasteiger partial charge in [0, 0.05) is 15.8 Å². The van der Waals surface area contributed by atoms with E-state index in [0.717, 1.165) is 0 Å². The molecular formula is C14H11BrClN3O2. The van der Waals surface area contributed by atoms with Crippen LogP contribution in [0.4, 0.5) is 16.2 Å². The van der Waals surface area contributed by atoms with Crippen molar-refractivity contribution in [3.63, 3.8) is 0 Å². The van der Waals surface area contributed by atoms with Crippen molar-refractivity contribution >= 4 is 50.8 Å². The van der Waals surface area contributed by atoms with Crippen molar-refractivity contribution < 1.29 is 9.59 Å². The molecule has 0 saturated carbocycles. The van der Waals surface area contributed by atoms with Crippen LogP contribution in [0.1, 0.15) is 10.4 Å². The first-order valence-electron chi connectivity index (χ1n) is 5.89. The van der Waals surface area contributed by atoms with Gasteiger partial charge in [-0.15, -0.1) is 0 Å². The second kappa shape index (κ2) is 6.60. The molecule has 3 amide bonds. The molecule has 2 aromatic rings. The summed E-state index contributed by atoms with van der Waals surface area (Å²) in [5.74, 6) is -0.350. The number of benzene rings is 2. The molecule has 0 aromatic heterocycles. The molecule has 0 atom stereocenters. The molecule has 108 valence electrons. The lowest BCUT2D eigenvalue weighted by Gasteiger charge is -2.09. The van der Waals surface area contributed by atoms with Crippen LogP contribution < -0.4 is 16.4 Å². The topological polar surface area (TPSA) is 84.2 Å². The Morgan fingerprint density at radius 2 is 1.67 bits per heavy atom. The van der Waals surface area contributed by atoms with Gasteiger partial charge in [-0.05, 0) is 46.3 Å². The number of hydrogen-bond acceptors (Lipinski definition) is 2. The molecule has 2 rings (SSSR count). The van der Waals surface area contributed by atoms with E-state index >= 15 is 0 Å². The Hall–Kier alpha value is -2.05. The van der Waals surface area contributed by atoms with Crippen LogP contribution in [0.5, 0.6) is 0 Å². The highest BCUT2D eigenvalue weighted by molar-refractivity contribution is 9.10. The summed E-state index contributed by atoms with van der Waals surface area (Å²) in [6.07, 6.45) is 0. The van der Waals surface area contributed by atoms with Crippen molar-refractivity contribution in [2.45, 2.75) is 0 Å². The highest BCUT2D eigenvalue weighted by Crippen LogP contribution is 2.27. The Morgan fingerprint density at radius 1 is 1.05 bits per heavy atom. The molecule has 0 saturated heterocycles. The standard InChI is InChI=1S/C14H11BrClN3O2/c15-11-6-2-5-10(12(11)16)13(20)18-8-3-1-4-9(7-8)19-14(17)21/h1-7H,(H,18,20)(H3,17,19,21). The van der Waals surface area contributed by atoms with E-state index in [0.29, 0.717) is 26.4 Å². The minimum Gasteiger partial charge on any atom is -0.351 e. The third-order valence-electron chi connectivity index (χ3n) is 2.58. The van der Waals surface area contributed by atoms with Gasteiger partial charge in [-0.25, -0.2) is 4.79 Å². The van der Waals surface area contributed by atoms with E-state index in [1.165, 1.54) is 0 Å². The van der Waals surface area contributed by atoms with Gasteiger partial charge in [0.1, 0.15) is 0 Å². The normalized spacial score (nSPS) is 10.0. The molecule has 0 fully saturated rings. The molecule has 5 nitrogen and oxygen atoms in total. The van der Waals surface area contributed by atoms with Crippen LogP contribution in [0.15, 0.2) is 46.9 Å². The van der Waals surface area contributed by atoms with Gasteiger partial charge in [-0.3, -0.25) is 4.79 Å². The fraction of sp³-hybridized carbons (Fsp3) is 0. The number of amides is 3. The molecule has 0 aliphatic heterocycles. The summed E-state index contributed by atoms with van der Waals surface area (Å²) in [4.78, 5) is 23.0. The van der Waals surface area contributed by atoms with Gasteiger partial charge in [0.25, 0.3) is 5.91 Å². The largest absolute Gasteiger partial charge is 0.351 e. The zero-order valence-electron chi connectivity index (χ0n) is 10.7. The minimum atomic E-state index is -0.673. The van der Waals surface area contributed by atoms with Gasteiger partial charge in [0.15, 0.2) is 0 Å². The Morgan fingerprint density at radius 3 is 2.33 bits per heavy atom. The lowest BCUT2D eigenvalue weighted by Crippen LogP contribution is -2.19. The number of hydrogen-bond donors (Lipinski definition) is 3. The van der Waals surface area contributed by atoms with Crippen LogP contribution in [0.2, 0.25) is 5.02 Å². The molecule has 0 aliphatic rings. The van der Waals surface area contributed by atoms with Crippen LogP contribution in [0.25, 0.3) is 0 Å². The minimum absolute atomic E-state index is 0.335. The van der Waals surface area contributed by atoms with Crippen LogP contribution in [-0.2, 0) is 0 Å². The van der Waals surface area contributed by atoms with E-state index in [4.69, 9.17) is 17.3 Å². The molecule has 0 aliphatic carbocycles. The van der Waals surface area contributed by atoms with E-state index in [1.807, 2.05) is 0 Å². The Bertz CT molecular complexity index is 706. The number of carbonyl (C=O) groups excluding carboxylic acids is 2. The first-order valence-corrected chi connectivity index (χ1v) is 7.06. The second-order valence-electron chi connectivity index (χ2n) is 4.13. The summed E-state index contributed by atoms with van der Waals surface area (Å²) in [5, 5.41) is 5.47. The van der Waals surface area contributed by atoms with E-state index in [2.05, 4.69) is 26.6 Å². The number of nitrogens with two attached hydrogens (primary N) is 1. The predicted octanol–water partition coefficient (Wildman–Crippen LogP) is 3.85. The van der Waals surface area contributed by atoms with Gasteiger partial charge in [-0.2, -0.15) is 0 Å². The molecule has 0 heterocycles. The van der Waals surface area contributed by atoms with E-state index in [1.54, 1.807) is 42.5 Å². The van der Waals surface area contributed by atoms with Crippen molar-refractivity contribution in [3.05, 3.63) is 57.5 Å². The van der Waals surface area contributed by atoms with Crippen LogP contribution >= 0.6 is 27.5 Å². The SMILES string of the molecule is NC(=O)Nc1cccc(NC(=O)c2cccc(Br)c2Cl)c1. The summed E-state index contributed by atoms with van der Waals surface area (Å²) in [7, 11) is 0. The number of carbonyl (C=O) groups is 2. The smallest absolute Gasteiger partial charge is 0.316 e. The van der Waals surface area contributed by atoms with Gasteiger partial charge >= 0.3 is 6.03 Å². The van der Waals surface area contributed by atoms with Crippen molar-refractivity contribution in [1.29, 1.82) is 0 Å². The highest BCUT2D eigenvalue weighted by atomic mass is 79.9. The lowest BCUT2D eigenvalue weighted by molar-refractivity contribution is 0.102. The zero-order valence-corrected chi connectivity index (χ0v) is 13.0. The molecular weight excluding hydrogens is 358 g/mol. The Labute approximate surface area is 134 Å². The zero-order chi connectivity index (χ0) is 15.4. The number of urea groups is 1. The second-order valence-corrected chi connectivity index (χ2v) is 5.36. The Kier molecular flexibility index (Phi) is 4.82. The van der Waals surface area contributed by atoms with Crippen LogP contribution in [-0.4, -0.2) is 11.9 Å². The predicted molar refractivity (Wildman–Crippen MR) is 86.8 cm³/mol. The summed E-state index contributed by atoms with van der Waals surface area (Å²) in [6, 6.07) is 11.0. The van der Waals surface area contributed by atoms with Gasteiger partial charge < -0.3 is 16.4 Å². The van der Waals surface area contributed by atoms with Crippen molar-refractivity contribution in [2.75, 3.05) is 10.6 Å². The molecule has 21 heavy (non-hydrogen) atoms. The van der Waals surface area contributed by atoms with Crippen molar-refractivity contribution in [1.82, 2.24) is 0 Å². The molecule has 0 bridgehead atoms. The first kappa shape index (κ1) is 15.3. The quantitative estimate of drug-likeness (QED) is 0.769. The molecule has 0 unspecified atom stereocenters. The summed E-state index contributed by atoms with van der Waals surface area (Å²) < 4.78 is 0.640. The molecule has 7 heteroatoms. The Balaban J connectivity index is 2.20. The maximum Gasteiger partial charge on any atom is 0.316 e. The molecule has 2 aromatic carbocycles. The highest BCUT2D eigenvalue weighted by Gasteiger charge is 2.12. The molecule has 0 spiro atoms. The number of halogens is 2. The van der Waals surface area contributed by atoms with Gasteiger partial charge in [0.05, 0.1) is 10.6 Å². The first-order chi connectivity index (χ1) is 9.97. The van der Waals surface area contributed by atoms with E-state index in [9.17, 15) is 9.59 Å². The number of anilines is 2. The fourth-order valence-corrected chi connectivity index (χ4v) is 2.27. The summed E-state index contributed by atoms with van der Waals surface area (Å²) in [5.41, 5.74) is 6.39. The number of primary amides is 1. The van der Waals surface area contributed by atoms with Crippen LogP contribution in [0.3, 0.4) is 0 Å². The fourth-order valence-electron chi connectivity index (χ4n) is 1.69. The summed E-state index contributed by atoms with van der Waals surface area (Å²) in [6.45, 7) is 0. The van der Waals surface area contributed by atoms with Crippen LogP contribution in [0, 0.1) is 0 Å². The average molecular weight is 369 g/mol. The third-order valence-corrected chi connectivity index (χ3v) is 3.88. The van der Waals surface area contributed by atoms with Crippen molar-refractivity contribution in [2.24, 2.45) is 5.73 Å². The number of rotatable bonds is 3. The van der Waals surface area contributed by atoms with Gasteiger partial charge in [0.2, 0.25) is 0 Å². The molecule has 0 radical (unpaired) electrons. The van der Waals surface area contributed by atoms with E-state index < -0.39 is 6.03 Å². The summed E-state index contributed by atoms with van der Waals surface area (Å²) >= 11 is 9.34. The third kappa shape index (κ3) is 3.96. The maximum atomic E-state index is 12.2.